The second-order valence-electron chi connectivity index (χ2n) is 14.7. The van der Waals surface area contributed by atoms with Crippen LogP contribution in [0.2, 0.25) is 0 Å². The predicted molar refractivity (Wildman–Crippen MR) is 252 cm³/mol. The van der Waals surface area contributed by atoms with Gasteiger partial charge in [0, 0.05) is 50.4 Å². The van der Waals surface area contributed by atoms with Gasteiger partial charge in [0.25, 0.3) is 0 Å². The number of ether oxygens (including phenoxy) is 5. The lowest BCUT2D eigenvalue weighted by Gasteiger charge is -2.08. The maximum Gasteiger partial charge on any atom is 0.330 e. The molecule has 0 radical (unpaired) electrons. The average Bonchev–Trinajstić information content (AvgIpc) is 4.17. The molecule has 2 N–H and O–H groups in total. The first-order valence-corrected chi connectivity index (χ1v) is 20.5. The van der Waals surface area contributed by atoms with E-state index in [0.717, 1.165) is 112 Å². The smallest absolute Gasteiger partial charge is 0.330 e. The van der Waals surface area contributed by atoms with E-state index in [9.17, 15) is 4.79 Å². The Morgan fingerprint density at radius 2 is 0.857 bits per heavy atom. The monoisotopic (exact) mass is 832 g/mol. The van der Waals surface area contributed by atoms with Gasteiger partial charge in [0.15, 0.2) is 0 Å². The minimum Gasteiger partial charge on any atom is -0.497 e. The fourth-order valence-electron chi connectivity index (χ4n) is 8.03. The van der Waals surface area contributed by atoms with E-state index in [1.165, 1.54) is 6.08 Å². The molecule has 0 spiro atoms. The Bertz CT molecular complexity index is 3100. The van der Waals surface area contributed by atoms with Crippen molar-refractivity contribution in [1.82, 2.24) is 19.9 Å². The van der Waals surface area contributed by atoms with E-state index in [2.05, 4.69) is 28.2 Å². The van der Waals surface area contributed by atoms with E-state index in [-0.39, 0.29) is 6.61 Å². The van der Waals surface area contributed by atoms with E-state index < -0.39 is 5.97 Å². The summed E-state index contributed by atoms with van der Waals surface area (Å²) in [5, 5.41) is 0. The number of nitrogens with one attached hydrogen (secondary N) is 2. The fraction of sp³-hybridized carbons (Fsp3) is 0.113. The molecule has 0 fully saturated rings. The highest BCUT2D eigenvalue weighted by Crippen LogP contribution is 2.40. The Morgan fingerprint density at radius 1 is 0.492 bits per heavy atom. The van der Waals surface area contributed by atoms with E-state index >= 15 is 0 Å². The number of esters is 1. The second kappa shape index (κ2) is 17.5. The number of benzene rings is 4. The van der Waals surface area contributed by atoms with Crippen molar-refractivity contribution in [2.45, 2.75) is 6.92 Å². The highest BCUT2D eigenvalue weighted by atomic mass is 16.5. The number of carbonyl (C=O) groups excluding carboxylic acids is 1. The lowest BCUT2D eigenvalue weighted by Crippen LogP contribution is -1.98. The topological polar surface area (TPSA) is 121 Å². The Kier molecular flexibility index (Phi) is 11.2. The Morgan fingerprint density at radius 3 is 1.24 bits per heavy atom. The van der Waals surface area contributed by atoms with E-state index in [1.807, 2.05) is 121 Å². The lowest BCUT2D eigenvalue weighted by atomic mass is 10.0. The second-order valence-corrected chi connectivity index (χ2v) is 14.7. The molecule has 5 heterocycles. The summed E-state index contributed by atoms with van der Waals surface area (Å²) in [4.78, 5) is 31.4. The summed E-state index contributed by atoms with van der Waals surface area (Å²) in [6, 6.07) is 38.0. The van der Waals surface area contributed by atoms with Gasteiger partial charge in [-0.15, -0.1) is 0 Å². The molecule has 0 atom stereocenters. The van der Waals surface area contributed by atoms with Gasteiger partial charge >= 0.3 is 5.97 Å². The molecule has 0 amide bonds. The summed E-state index contributed by atoms with van der Waals surface area (Å²) in [6.45, 7) is 2.04. The standard InChI is InChI=1S/C53H44N4O6/c1-6-63-48(58)30-15-36-31-47-51(34-11-20-39(61-4)21-12-34)45-27-26-43(55-45)49(32-7-16-37(59-2)17-8-32)41-24-25-42(54-41)50(33-9-18-38(60-3)19-10-33)44-28-29-46(56-44)52(53(36)57-47)35-13-22-40(62-5)23-14-35/h7-31,54,57H,6H2,1-5H3/b30-15+,49-41?,49-43?,50-42?,50-44?,51-45?,51-47?,52-46?,53-52?. The number of hydrogen-bond acceptors (Lipinski definition) is 8. The van der Waals surface area contributed by atoms with Gasteiger partial charge in [0.05, 0.1) is 63.3 Å². The van der Waals surface area contributed by atoms with Gasteiger partial charge in [-0.2, -0.15) is 0 Å². The highest BCUT2D eigenvalue weighted by Gasteiger charge is 2.21. The molecule has 312 valence electrons. The lowest BCUT2D eigenvalue weighted by molar-refractivity contribution is -0.137. The third kappa shape index (κ3) is 7.97. The zero-order valence-corrected chi connectivity index (χ0v) is 35.5. The molecule has 0 unspecified atom stereocenters. The Labute approximate surface area is 364 Å². The van der Waals surface area contributed by atoms with Gasteiger partial charge in [0.2, 0.25) is 0 Å². The molecule has 0 aliphatic carbocycles. The SMILES string of the molecule is CCOC(=O)/C=C/c1cc2[nH]c1c(-c1ccc(OC)cc1)c1nc(c(-c3ccc(OC)cc3)c3ccc([nH]3)c(-c3ccc(OC)cc3)c3nc(c2-c2ccc(OC)cc2)C=C3)C=C1. The van der Waals surface area contributed by atoms with E-state index in [4.69, 9.17) is 33.7 Å². The summed E-state index contributed by atoms with van der Waals surface area (Å²) < 4.78 is 27.6. The minimum atomic E-state index is -0.448. The number of H-pyrrole nitrogens is 2. The van der Waals surface area contributed by atoms with Crippen molar-refractivity contribution in [2.24, 2.45) is 0 Å². The first-order valence-electron chi connectivity index (χ1n) is 20.5. The average molecular weight is 833 g/mol. The molecule has 10 nitrogen and oxygen atoms in total. The van der Waals surface area contributed by atoms with Crippen molar-refractivity contribution in [1.29, 1.82) is 0 Å². The largest absolute Gasteiger partial charge is 0.497 e. The first-order chi connectivity index (χ1) is 30.9. The van der Waals surface area contributed by atoms with Crippen molar-refractivity contribution >= 4 is 58.4 Å². The fourth-order valence-corrected chi connectivity index (χ4v) is 8.03. The van der Waals surface area contributed by atoms with Crippen LogP contribution in [0.1, 0.15) is 35.3 Å². The Hall–Kier alpha value is -8.11. The molecule has 4 aromatic carbocycles. The van der Waals surface area contributed by atoms with Gasteiger partial charge in [-0.1, -0.05) is 48.5 Å². The molecule has 9 rings (SSSR count). The van der Waals surface area contributed by atoms with Gasteiger partial charge in [-0.3, -0.25) is 0 Å². The summed E-state index contributed by atoms with van der Waals surface area (Å²) in [5.41, 5.74) is 14.1. The Balaban J connectivity index is 1.48. The van der Waals surface area contributed by atoms with E-state index in [1.54, 1.807) is 41.4 Å². The number of nitrogens with zero attached hydrogens (tertiary/aromatic N) is 2. The van der Waals surface area contributed by atoms with Crippen LogP contribution in [0.4, 0.5) is 0 Å². The summed E-state index contributed by atoms with van der Waals surface area (Å²) in [6.07, 6.45) is 11.4. The number of rotatable bonds is 11. The highest BCUT2D eigenvalue weighted by molar-refractivity contribution is 6.03. The predicted octanol–water partition coefficient (Wildman–Crippen LogP) is 11.9. The molecule has 0 saturated heterocycles. The van der Waals surface area contributed by atoms with Crippen LogP contribution in [-0.4, -0.2) is 61.0 Å². The molecule has 3 aromatic heterocycles. The molecular formula is C53H44N4O6. The zero-order chi connectivity index (χ0) is 43.5. The number of aromatic amines is 2. The zero-order valence-electron chi connectivity index (χ0n) is 35.5. The van der Waals surface area contributed by atoms with Crippen LogP contribution in [0.5, 0.6) is 23.0 Å². The summed E-state index contributed by atoms with van der Waals surface area (Å²) in [5.74, 6) is 2.49. The molecule has 0 saturated carbocycles. The van der Waals surface area contributed by atoms with Gasteiger partial charge in [-0.25, -0.2) is 14.8 Å². The molecule has 10 heteroatoms. The number of carbonyl (C=O) groups is 1. The number of methoxy groups -OCH3 is 4. The number of fused-ring (bicyclic) bond motifs is 8. The molecule has 2 aliphatic heterocycles. The quantitative estimate of drug-likeness (QED) is 0.0976. The van der Waals surface area contributed by atoms with Crippen LogP contribution >= 0.6 is 0 Å². The van der Waals surface area contributed by atoms with Crippen LogP contribution in [0.3, 0.4) is 0 Å². The van der Waals surface area contributed by atoms with Crippen molar-refractivity contribution in [3.8, 4) is 67.5 Å². The molecular weight excluding hydrogens is 789 g/mol. The summed E-state index contributed by atoms with van der Waals surface area (Å²) >= 11 is 0. The third-order valence-electron chi connectivity index (χ3n) is 11.1. The van der Waals surface area contributed by atoms with Gasteiger partial charge in [-0.05, 0) is 126 Å². The summed E-state index contributed by atoms with van der Waals surface area (Å²) in [7, 11) is 6.62. The van der Waals surface area contributed by atoms with Crippen molar-refractivity contribution in [3.63, 3.8) is 0 Å². The van der Waals surface area contributed by atoms with Crippen molar-refractivity contribution in [2.75, 3.05) is 35.0 Å². The minimum absolute atomic E-state index is 0.253. The maximum absolute atomic E-state index is 12.9. The van der Waals surface area contributed by atoms with Gasteiger partial charge < -0.3 is 33.7 Å². The molecule has 7 aromatic rings. The molecule has 2 aliphatic rings. The van der Waals surface area contributed by atoms with Crippen LogP contribution in [0.25, 0.3) is 97.0 Å². The molecule has 63 heavy (non-hydrogen) atoms. The normalized spacial score (nSPS) is 11.8. The maximum atomic E-state index is 12.9. The van der Waals surface area contributed by atoms with Crippen LogP contribution in [0.15, 0.2) is 121 Å². The van der Waals surface area contributed by atoms with Gasteiger partial charge in [0.1, 0.15) is 23.0 Å². The number of aromatic nitrogens is 4. The van der Waals surface area contributed by atoms with Crippen LogP contribution in [0, 0.1) is 0 Å². The first kappa shape index (κ1) is 40.3. The van der Waals surface area contributed by atoms with Crippen molar-refractivity contribution < 1.29 is 28.5 Å². The third-order valence-corrected chi connectivity index (χ3v) is 11.1. The van der Waals surface area contributed by atoms with E-state index in [0.29, 0.717) is 5.69 Å². The van der Waals surface area contributed by atoms with Crippen LogP contribution < -0.4 is 18.9 Å². The van der Waals surface area contributed by atoms with Crippen molar-refractivity contribution in [3.05, 3.63) is 150 Å². The molecule has 8 bridgehead atoms. The number of hydrogen-bond donors (Lipinski definition) is 2. The van der Waals surface area contributed by atoms with Crippen LogP contribution in [-0.2, 0) is 9.53 Å².